The van der Waals surface area contributed by atoms with E-state index in [0.717, 1.165) is 5.56 Å². The molecule has 1 atom stereocenters. The molecule has 0 aliphatic heterocycles. The van der Waals surface area contributed by atoms with Gasteiger partial charge in [-0.25, -0.2) is 4.39 Å². The van der Waals surface area contributed by atoms with Crippen LogP contribution in [0.3, 0.4) is 0 Å². The number of anilines is 1. The van der Waals surface area contributed by atoms with Crippen LogP contribution in [0.5, 0.6) is 11.5 Å². The summed E-state index contributed by atoms with van der Waals surface area (Å²) in [7, 11) is 0. The second-order valence-corrected chi connectivity index (χ2v) is 4.57. The van der Waals surface area contributed by atoms with Gasteiger partial charge in [0.25, 0.3) is 0 Å². The van der Waals surface area contributed by atoms with Gasteiger partial charge in [0.05, 0.1) is 6.04 Å². The minimum absolute atomic E-state index is 0.0396. The fourth-order valence-electron chi connectivity index (χ4n) is 1.90. The van der Waals surface area contributed by atoms with Crippen molar-refractivity contribution in [2.45, 2.75) is 19.9 Å². The third kappa shape index (κ3) is 2.96. The van der Waals surface area contributed by atoms with Crippen LogP contribution >= 0.6 is 0 Å². The lowest BCUT2D eigenvalue weighted by Crippen LogP contribution is -2.07. The molecule has 3 nitrogen and oxygen atoms in total. The molecule has 4 heteroatoms. The van der Waals surface area contributed by atoms with Crippen LogP contribution in [0.15, 0.2) is 36.4 Å². The number of benzene rings is 2. The molecule has 0 fully saturated rings. The molecule has 0 aliphatic rings. The highest BCUT2D eigenvalue weighted by atomic mass is 19.1. The van der Waals surface area contributed by atoms with Crippen LogP contribution in [0.25, 0.3) is 0 Å². The van der Waals surface area contributed by atoms with E-state index in [1.54, 1.807) is 19.1 Å². The van der Waals surface area contributed by atoms with E-state index >= 15 is 0 Å². The lowest BCUT2D eigenvalue weighted by molar-refractivity contribution is 0.462. The number of phenolic OH excluding ortho intramolecular Hbond substituents is 2. The summed E-state index contributed by atoms with van der Waals surface area (Å²) in [6.45, 7) is 3.62. The molecule has 0 aromatic heterocycles. The van der Waals surface area contributed by atoms with Crippen LogP contribution in [0.2, 0.25) is 0 Å². The summed E-state index contributed by atoms with van der Waals surface area (Å²) in [4.78, 5) is 0. The maximum Gasteiger partial charge on any atom is 0.123 e. The first kappa shape index (κ1) is 13.2. The average Bonchev–Trinajstić information content (AvgIpc) is 2.36. The second-order valence-electron chi connectivity index (χ2n) is 4.57. The van der Waals surface area contributed by atoms with Crippen LogP contribution in [0, 0.1) is 12.7 Å². The van der Waals surface area contributed by atoms with E-state index in [2.05, 4.69) is 5.32 Å². The minimum atomic E-state index is -0.395. The Hall–Kier alpha value is -2.23. The van der Waals surface area contributed by atoms with Gasteiger partial charge in [0, 0.05) is 17.3 Å². The molecule has 2 rings (SSSR count). The number of rotatable bonds is 3. The summed E-state index contributed by atoms with van der Waals surface area (Å²) in [6.07, 6.45) is 0. The van der Waals surface area contributed by atoms with Gasteiger partial charge in [-0.15, -0.1) is 0 Å². The average molecular weight is 261 g/mol. The summed E-state index contributed by atoms with van der Waals surface area (Å²) in [6, 6.07) is 8.76. The SMILES string of the molecule is Cc1ccc(NC(C)c2cc(F)ccc2O)cc1O. The highest BCUT2D eigenvalue weighted by molar-refractivity contribution is 5.53. The van der Waals surface area contributed by atoms with Gasteiger partial charge < -0.3 is 15.5 Å². The van der Waals surface area contributed by atoms with Gasteiger partial charge in [-0.3, -0.25) is 0 Å². The number of hydrogen-bond donors (Lipinski definition) is 3. The quantitative estimate of drug-likeness (QED) is 0.789. The molecule has 0 amide bonds. The number of nitrogens with one attached hydrogen (secondary N) is 1. The first-order valence-corrected chi connectivity index (χ1v) is 6.02. The van der Waals surface area contributed by atoms with Gasteiger partial charge in [0.1, 0.15) is 17.3 Å². The van der Waals surface area contributed by atoms with Crippen molar-refractivity contribution >= 4 is 5.69 Å². The van der Waals surface area contributed by atoms with E-state index in [-0.39, 0.29) is 17.5 Å². The Kier molecular flexibility index (Phi) is 3.60. The van der Waals surface area contributed by atoms with Crippen molar-refractivity contribution in [2.24, 2.45) is 0 Å². The third-order valence-electron chi connectivity index (χ3n) is 3.05. The Labute approximate surface area is 111 Å². The van der Waals surface area contributed by atoms with Gasteiger partial charge in [-0.1, -0.05) is 6.07 Å². The number of aromatic hydroxyl groups is 2. The summed E-state index contributed by atoms with van der Waals surface area (Å²) < 4.78 is 13.2. The standard InChI is InChI=1S/C15H16FNO2/c1-9-3-5-12(8-15(9)19)17-10(2)13-7-11(16)4-6-14(13)18/h3-8,10,17-19H,1-2H3. The largest absolute Gasteiger partial charge is 0.508 e. The van der Waals surface area contributed by atoms with Crippen molar-refractivity contribution in [1.29, 1.82) is 0 Å². The van der Waals surface area contributed by atoms with Crippen LogP contribution < -0.4 is 5.32 Å². The fourth-order valence-corrected chi connectivity index (χ4v) is 1.90. The van der Waals surface area contributed by atoms with Crippen molar-refractivity contribution in [3.05, 3.63) is 53.3 Å². The zero-order valence-electron chi connectivity index (χ0n) is 10.8. The topological polar surface area (TPSA) is 52.5 Å². The van der Waals surface area contributed by atoms with Crippen molar-refractivity contribution < 1.29 is 14.6 Å². The molecule has 0 bridgehead atoms. The molecule has 0 saturated heterocycles. The van der Waals surface area contributed by atoms with Crippen molar-refractivity contribution in [3.8, 4) is 11.5 Å². The first-order valence-electron chi connectivity index (χ1n) is 6.02. The van der Waals surface area contributed by atoms with Gasteiger partial charge in [-0.05, 0) is 43.7 Å². The van der Waals surface area contributed by atoms with Gasteiger partial charge in [0.15, 0.2) is 0 Å². The molecule has 1 unspecified atom stereocenters. The van der Waals surface area contributed by atoms with E-state index in [4.69, 9.17) is 0 Å². The molecule has 3 N–H and O–H groups in total. The predicted octanol–water partition coefficient (Wildman–Crippen LogP) is 3.72. The summed E-state index contributed by atoms with van der Waals surface area (Å²) >= 11 is 0. The maximum atomic E-state index is 13.2. The molecule has 2 aromatic rings. The van der Waals surface area contributed by atoms with Crippen molar-refractivity contribution in [1.82, 2.24) is 0 Å². The van der Waals surface area contributed by atoms with Gasteiger partial charge in [0.2, 0.25) is 0 Å². The molecule has 0 aliphatic carbocycles. The Morgan fingerprint density at radius 2 is 1.79 bits per heavy atom. The second kappa shape index (κ2) is 5.18. The molecular weight excluding hydrogens is 245 g/mol. The van der Waals surface area contributed by atoms with Crippen molar-refractivity contribution in [2.75, 3.05) is 5.32 Å². The molecule has 19 heavy (non-hydrogen) atoms. The lowest BCUT2D eigenvalue weighted by atomic mass is 10.1. The summed E-state index contributed by atoms with van der Waals surface area (Å²) in [5.41, 5.74) is 1.96. The molecule has 0 spiro atoms. The van der Waals surface area contributed by atoms with E-state index in [9.17, 15) is 14.6 Å². The lowest BCUT2D eigenvalue weighted by Gasteiger charge is -2.17. The Morgan fingerprint density at radius 1 is 1.05 bits per heavy atom. The molecule has 2 aromatic carbocycles. The Balaban J connectivity index is 2.22. The monoisotopic (exact) mass is 261 g/mol. The molecular formula is C15H16FNO2. The van der Waals surface area contributed by atoms with Crippen LogP contribution in [0.4, 0.5) is 10.1 Å². The van der Waals surface area contributed by atoms with Crippen LogP contribution in [0.1, 0.15) is 24.1 Å². The summed E-state index contributed by atoms with van der Waals surface area (Å²) in [5.74, 6) is -0.161. The molecule has 0 radical (unpaired) electrons. The van der Waals surface area contributed by atoms with E-state index < -0.39 is 5.82 Å². The number of aryl methyl sites for hydroxylation is 1. The van der Waals surface area contributed by atoms with Crippen LogP contribution in [-0.2, 0) is 0 Å². The zero-order valence-corrected chi connectivity index (χ0v) is 10.8. The highest BCUT2D eigenvalue weighted by Gasteiger charge is 2.11. The predicted molar refractivity (Wildman–Crippen MR) is 72.9 cm³/mol. The fraction of sp³-hybridized carbons (Fsp3) is 0.200. The van der Waals surface area contributed by atoms with E-state index in [1.807, 2.05) is 13.0 Å². The highest BCUT2D eigenvalue weighted by Crippen LogP contribution is 2.29. The van der Waals surface area contributed by atoms with Gasteiger partial charge in [-0.2, -0.15) is 0 Å². The Morgan fingerprint density at radius 3 is 2.47 bits per heavy atom. The van der Waals surface area contributed by atoms with Crippen LogP contribution in [-0.4, -0.2) is 10.2 Å². The van der Waals surface area contributed by atoms with Gasteiger partial charge >= 0.3 is 0 Å². The van der Waals surface area contributed by atoms with E-state index in [0.29, 0.717) is 11.3 Å². The van der Waals surface area contributed by atoms with Crippen molar-refractivity contribution in [3.63, 3.8) is 0 Å². The molecule has 100 valence electrons. The normalized spacial score (nSPS) is 12.2. The number of hydrogen-bond acceptors (Lipinski definition) is 3. The minimum Gasteiger partial charge on any atom is -0.508 e. The van der Waals surface area contributed by atoms with E-state index in [1.165, 1.54) is 18.2 Å². The smallest absolute Gasteiger partial charge is 0.123 e. The maximum absolute atomic E-state index is 13.2. The zero-order chi connectivity index (χ0) is 14.0. The molecule has 0 heterocycles. The number of halogens is 1. The Bertz CT molecular complexity index is 599. The molecule has 0 saturated carbocycles. The third-order valence-corrected chi connectivity index (χ3v) is 3.05. The number of phenols is 2. The summed E-state index contributed by atoms with van der Waals surface area (Å²) in [5, 5.41) is 22.5. The first-order chi connectivity index (χ1) is 8.97.